The van der Waals surface area contributed by atoms with Gasteiger partial charge in [0.1, 0.15) is 5.58 Å². The second kappa shape index (κ2) is 5.36. The molecular formula is C15H16N2O3. The van der Waals surface area contributed by atoms with Gasteiger partial charge in [0.2, 0.25) is 5.91 Å². The summed E-state index contributed by atoms with van der Waals surface area (Å²) in [5.41, 5.74) is 0.694. The molecular weight excluding hydrogens is 256 g/mol. The largest absolute Gasteiger partial charge is 0.451 e. The Morgan fingerprint density at radius 3 is 2.65 bits per heavy atom. The van der Waals surface area contributed by atoms with Crippen molar-refractivity contribution in [2.45, 2.75) is 12.8 Å². The van der Waals surface area contributed by atoms with Gasteiger partial charge >= 0.3 is 0 Å². The van der Waals surface area contributed by atoms with Crippen molar-refractivity contribution < 1.29 is 14.0 Å². The Kier molecular flexibility index (Phi) is 3.41. The Bertz CT molecular complexity index is 610. The van der Waals surface area contributed by atoms with Crippen LogP contribution in [0.15, 0.2) is 34.7 Å². The first-order valence-electron chi connectivity index (χ1n) is 6.78. The topological polar surface area (TPSA) is 71.3 Å². The fraction of sp³-hybridized carbons (Fsp3) is 0.333. The highest BCUT2D eigenvalue weighted by Crippen LogP contribution is 2.28. The van der Waals surface area contributed by atoms with Crippen molar-refractivity contribution in [3.63, 3.8) is 0 Å². The standard InChI is InChI=1S/C15H16N2O3/c18-14(10-5-6-10)16-7-8-17-15(19)13-9-11-3-1-2-4-12(11)20-13/h1-4,9-10H,5-8H2,(H,16,18)(H,17,19). The number of fused-ring (bicyclic) bond motifs is 1. The highest BCUT2D eigenvalue weighted by Gasteiger charge is 2.29. The van der Waals surface area contributed by atoms with E-state index < -0.39 is 0 Å². The Hall–Kier alpha value is -2.30. The Morgan fingerprint density at radius 2 is 1.90 bits per heavy atom. The molecule has 2 N–H and O–H groups in total. The van der Waals surface area contributed by atoms with Gasteiger partial charge in [0.05, 0.1) is 0 Å². The maximum atomic E-state index is 11.9. The van der Waals surface area contributed by atoms with E-state index in [9.17, 15) is 9.59 Å². The quantitative estimate of drug-likeness (QED) is 0.814. The lowest BCUT2D eigenvalue weighted by atomic mass is 10.2. The second-order valence-corrected chi connectivity index (χ2v) is 4.97. The fourth-order valence-corrected chi connectivity index (χ4v) is 2.03. The molecule has 1 aliphatic carbocycles. The summed E-state index contributed by atoms with van der Waals surface area (Å²) < 4.78 is 5.46. The number of para-hydroxylation sites is 1. The number of hydrogen-bond acceptors (Lipinski definition) is 3. The Labute approximate surface area is 116 Å². The van der Waals surface area contributed by atoms with Gasteiger partial charge in [-0.3, -0.25) is 9.59 Å². The van der Waals surface area contributed by atoms with Gasteiger partial charge in [0.25, 0.3) is 5.91 Å². The summed E-state index contributed by atoms with van der Waals surface area (Å²) in [4.78, 5) is 23.3. The van der Waals surface area contributed by atoms with Gasteiger partial charge in [-0.2, -0.15) is 0 Å². The summed E-state index contributed by atoms with van der Waals surface area (Å²) in [6.07, 6.45) is 1.97. The lowest BCUT2D eigenvalue weighted by Gasteiger charge is -2.05. The fourth-order valence-electron chi connectivity index (χ4n) is 2.03. The predicted molar refractivity (Wildman–Crippen MR) is 74.3 cm³/mol. The van der Waals surface area contributed by atoms with Gasteiger partial charge in [0, 0.05) is 24.4 Å². The third-order valence-electron chi connectivity index (χ3n) is 3.31. The minimum Gasteiger partial charge on any atom is -0.451 e. The third-order valence-corrected chi connectivity index (χ3v) is 3.31. The summed E-state index contributed by atoms with van der Waals surface area (Å²) in [6, 6.07) is 9.19. The predicted octanol–water partition coefficient (Wildman–Crippen LogP) is 1.69. The molecule has 2 amide bonds. The number of amides is 2. The number of carbonyl (C=O) groups excluding carboxylic acids is 2. The summed E-state index contributed by atoms with van der Waals surface area (Å²) >= 11 is 0. The molecule has 1 heterocycles. The van der Waals surface area contributed by atoms with E-state index in [2.05, 4.69) is 10.6 Å². The average molecular weight is 272 g/mol. The lowest BCUT2D eigenvalue weighted by Crippen LogP contribution is -2.35. The average Bonchev–Trinajstić information content (AvgIpc) is 3.21. The van der Waals surface area contributed by atoms with Crippen LogP contribution in [0.25, 0.3) is 11.0 Å². The van der Waals surface area contributed by atoms with E-state index in [-0.39, 0.29) is 17.7 Å². The Morgan fingerprint density at radius 1 is 1.15 bits per heavy atom. The zero-order valence-corrected chi connectivity index (χ0v) is 11.0. The SMILES string of the molecule is O=C(NCCNC(=O)C1CC1)c1cc2ccccc2o1. The molecule has 1 aliphatic rings. The van der Waals surface area contributed by atoms with Crippen LogP contribution in [0, 0.1) is 5.92 Å². The van der Waals surface area contributed by atoms with Crippen molar-refractivity contribution in [3.05, 3.63) is 36.1 Å². The minimum atomic E-state index is -0.262. The summed E-state index contributed by atoms with van der Waals surface area (Å²) in [6.45, 7) is 0.843. The second-order valence-electron chi connectivity index (χ2n) is 4.97. The van der Waals surface area contributed by atoms with E-state index in [4.69, 9.17) is 4.42 Å². The summed E-state index contributed by atoms with van der Waals surface area (Å²) in [5, 5.41) is 6.42. The van der Waals surface area contributed by atoms with Gasteiger partial charge in [-0.05, 0) is 25.0 Å². The van der Waals surface area contributed by atoms with Crippen LogP contribution in [0.2, 0.25) is 0 Å². The highest BCUT2D eigenvalue weighted by molar-refractivity contribution is 5.96. The van der Waals surface area contributed by atoms with Crippen molar-refractivity contribution >= 4 is 22.8 Å². The van der Waals surface area contributed by atoms with Crippen molar-refractivity contribution in [2.24, 2.45) is 5.92 Å². The van der Waals surface area contributed by atoms with E-state index in [1.54, 1.807) is 6.07 Å². The number of nitrogens with one attached hydrogen (secondary N) is 2. The van der Waals surface area contributed by atoms with Crippen LogP contribution >= 0.6 is 0 Å². The van der Waals surface area contributed by atoms with Crippen LogP contribution in [0.3, 0.4) is 0 Å². The molecule has 104 valence electrons. The molecule has 5 nitrogen and oxygen atoms in total. The van der Waals surface area contributed by atoms with Gasteiger partial charge in [0.15, 0.2) is 5.76 Å². The molecule has 0 bridgehead atoms. The molecule has 0 unspecified atom stereocenters. The first-order valence-corrected chi connectivity index (χ1v) is 6.78. The number of benzene rings is 1. The number of furan rings is 1. The van der Waals surface area contributed by atoms with E-state index in [1.807, 2.05) is 24.3 Å². The normalized spacial score (nSPS) is 14.2. The molecule has 2 aromatic rings. The molecule has 20 heavy (non-hydrogen) atoms. The van der Waals surface area contributed by atoms with Crippen LogP contribution in [-0.2, 0) is 4.79 Å². The molecule has 1 saturated carbocycles. The van der Waals surface area contributed by atoms with Crippen LogP contribution in [0.5, 0.6) is 0 Å². The van der Waals surface area contributed by atoms with E-state index in [1.165, 1.54) is 0 Å². The monoisotopic (exact) mass is 272 g/mol. The lowest BCUT2D eigenvalue weighted by molar-refractivity contribution is -0.122. The number of carbonyl (C=O) groups is 2. The Balaban J connectivity index is 1.49. The molecule has 0 saturated heterocycles. The van der Waals surface area contributed by atoms with Gasteiger partial charge in [-0.15, -0.1) is 0 Å². The van der Waals surface area contributed by atoms with Crippen LogP contribution in [-0.4, -0.2) is 24.9 Å². The third kappa shape index (κ3) is 2.82. The van der Waals surface area contributed by atoms with Crippen molar-refractivity contribution in [1.82, 2.24) is 10.6 Å². The molecule has 0 spiro atoms. The van der Waals surface area contributed by atoms with E-state index >= 15 is 0 Å². The molecule has 3 rings (SSSR count). The molecule has 5 heteroatoms. The smallest absolute Gasteiger partial charge is 0.287 e. The van der Waals surface area contributed by atoms with E-state index in [0.29, 0.717) is 24.4 Å². The van der Waals surface area contributed by atoms with Crippen LogP contribution < -0.4 is 10.6 Å². The first-order chi connectivity index (χ1) is 9.74. The maximum absolute atomic E-state index is 11.9. The van der Waals surface area contributed by atoms with Crippen LogP contribution in [0.1, 0.15) is 23.4 Å². The minimum absolute atomic E-state index is 0.0861. The van der Waals surface area contributed by atoms with Crippen molar-refractivity contribution in [3.8, 4) is 0 Å². The zero-order chi connectivity index (χ0) is 13.9. The number of rotatable bonds is 5. The van der Waals surface area contributed by atoms with Crippen molar-refractivity contribution in [2.75, 3.05) is 13.1 Å². The molecule has 0 radical (unpaired) electrons. The highest BCUT2D eigenvalue weighted by atomic mass is 16.3. The van der Waals surface area contributed by atoms with Gasteiger partial charge < -0.3 is 15.1 Å². The van der Waals surface area contributed by atoms with Crippen molar-refractivity contribution in [1.29, 1.82) is 0 Å². The van der Waals surface area contributed by atoms with Crippen LogP contribution in [0.4, 0.5) is 0 Å². The molecule has 0 atom stereocenters. The summed E-state index contributed by atoms with van der Waals surface area (Å²) in [5.74, 6) is 0.311. The maximum Gasteiger partial charge on any atom is 0.287 e. The summed E-state index contributed by atoms with van der Waals surface area (Å²) in [7, 11) is 0. The zero-order valence-electron chi connectivity index (χ0n) is 11.0. The molecule has 0 aliphatic heterocycles. The molecule has 1 fully saturated rings. The number of hydrogen-bond donors (Lipinski definition) is 2. The first kappa shape index (κ1) is 12.7. The molecule has 1 aromatic heterocycles. The molecule has 1 aromatic carbocycles. The van der Waals surface area contributed by atoms with Gasteiger partial charge in [-0.25, -0.2) is 0 Å². The van der Waals surface area contributed by atoms with E-state index in [0.717, 1.165) is 18.2 Å². The van der Waals surface area contributed by atoms with Gasteiger partial charge in [-0.1, -0.05) is 18.2 Å².